The SMILES string of the molecule is C.C.CC.Cc1ccc(-c2ccc(C)c(C)c2)cc1C.Cc1ccc(Cc2ccc(C)cc2)cc1.Cc1cccc(C)c1. The van der Waals surface area contributed by atoms with Gasteiger partial charge in [0.1, 0.15) is 0 Å². The molecular formula is C43H58. The highest BCUT2D eigenvalue weighted by molar-refractivity contribution is 5.66. The van der Waals surface area contributed by atoms with E-state index in [-0.39, 0.29) is 14.9 Å². The van der Waals surface area contributed by atoms with Crippen LogP contribution in [0, 0.1) is 55.4 Å². The second kappa shape index (κ2) is 20.1. The number of hydrogen-bond acceptors (Lipinski definition) is 0. The largest absolute Gasteiger partial charge is 0.0776 e. The summed E-state index contributed by atoms with van der Waals surface area (Å²) in [4.78, 5) is 0. The molecule has 0 atom stereocenters. The average Bonchev–Trinajstić information content (AvgIpc) is 2.96. The zero-order valence-corrected chi connectivity index (χ0v) is 27.1. The molecule has 0 fully saturated rings. The quantitative estimate of drug-likeness (QED) is 0.201. The molecule has 43 heavy (non-hydrogen) atoms. The zero-order valence-electron chi connectivity index (χ0n) is 27.1. The monoisotopic (exact) mass is 574 g/mol. The van der Waals surface area contributed by atoms with Crippen LogP contribution in [0.4, 0.5) is 0 Å². The Hall–Kier alpha value is -3.90. The number of benzene rings is 5. The predicted octanol–water partition coefficient (Wildman–Crippen LogP) is 13.1. The van der Waals surface area contributed by atoms with Gasteiger partial charge in [-0.2, -0.15) is 0 Å². The summed E-state index contributed by atoms with van der Waals surface area (Å²) >= 11 is 0. The fourth-order valence-corrected chi connectivity index (χ4v) is 4.30. The van der Waals surface area contributed by atoms with Gasteiger partial charge in [-0.25, -0.2) is 0 Å². The van der Waals surface area contributed by atoms with Gasteiger partial charge in [0, 0.05) is 0 Å². The first-order chi connectivity index (χ1) is 19.6. The maximum Gasteiger partial charge on any atom is -0.00258 e. The Balaban J connectivity index is 0.000000611. The second-order valence-electron chi connectivity index (χ2n) is 10.9. The molecule has 230 valence electrons. The maximum absolute atomic E-state index is 2.26. The molecule has 0 aliphatic heterocycles. The molecule has 0 aliphatic rings. The maximum atomic E-state index is 2.26. The molecule has 0 heterocycles. The van der Waals surface area contributed by atoms with Gasteiger partial charge in [0.25, 0.3) is 0 Å². The van der Waals surface area contributed by atoms with Crippen LogP contribution in [0.25, 0.3) is 11.1 Å². The molecule has 0 aliphatic carbocycles. The Labute approximate surface area is 265 Å². The molecule has 5 rings (SSSR count). The molecule has 0 bridgehead atoms. The lowest BCUT2D eigenvalue weighted by Gasteiger charge is -2.08. The highest BCUT2D eigenvalue weighted by atomic mass is 14.1. The third-order valence-electron chi connectivity index (χ3n) is 7.17. The van der Waals surface area contributed by atoms with Crippen molar-refractivity contribution in [3.63, 3.8) is 0 Å². The summed E-state index contributed by atoms with van der Waals surface area (Å²) < 4.78 is 0. The van der Waals surface area contributed by atoms with Crippen molar-refractivity contribution in [2.45, 2.75) is 90.5 Å². The van der Waals surface area contributed by atoms with Crippen molar-refractivity contribution in [1.82, 2.24) is 0 Å². The fraction of sp³-hybridized carbons (Fsp3) is 0.302. The summed E-state index contributed by atoms with van der Waals surface area (Å²) in [7, 11) is 0. The van der Waals surface area contributed by atoms with E-state index in [4.69, 9.17) is 0 Å². The summed E-state index contributed by atoms with van der Waals surface area (Å²) in [5, 5.41) is 0. The molecule has 0 spiro atoms. The molecule has 0 saturated carbocycles. The minimum atomic E-state index is 0. The van der Waals surface area contributed by atoms with Gasteiger partial charge in [-0.1, -0.05) is 160 Å². The minimum absolute atomic E-state index is 0. The van der Waals surface area contributed by atoms with E-state index < -0.39 is 0 Å². The molecule has 5 aromatic carbocycles. The first-order valence-electron chi connectivity index (χ1n) is 14.9. The summed E-state index contributed by atoms with van der Waals surface area (Å²) in [5.41, 5.74) is 16.1. The topological polar surface area (TPSA) is 0 Å². The van der Waals surface area contributed by atoms with Crippen molar-refractivity contribution in [3.8, 4) is 11.1 Å². The zero-order chi connectivity index (χ0) is 30.4. The Kier molecular flexibility index (Phi) is 18.3. The lowest BCUT2D eigenvalue weighted by molar-refractivity contribution is 1.18. The molecule has 5 aromatic rings. The van der Waals surface area contributed by atoms with Gasteiger partial charge in [-0.3, -0.25) is 0 Å². The standard InChI is InChI=1S/C16H18.C15H16.C8H10.C2H6.2CH4/c1-11-5-7-15(9-13(11)3)16-8-6-12(2)14(4)10-16;1-12-3-7-14(8-4-12)11-15-9-5-13(2)6-10-15;1-7-4-3-5-8(2)6-7;1-2;;/h5-10H,1-4H3;3-10H,11H2,1-2H3;3-6H,1-2H3;1-2H3;2*1H4. The summed E-state index contributed by atoms with van der Waals surface area (Å²) in [5.74, 6) is 0. The molecular weight excluding hydrogens is 516 g/mol. The number of hydrogen-bond donors (Lipinski definition) is 0. The molecule has 0 saturated heterocycles. The van der Waals surface area contributed by atoms with Crippen LogP contribution >= 0.6 is 0 Å². The van der Waals surface area contributed by atoms with Gasteiger partial charge in [-0.05, 0) is 106 Å². The Morgan fingerprint density at radius 1 is 0.349 bits per heavy atom. The van der Waals surface area contributed by atoms with Crippen molar-refractivity contribution < 1.29 is 0 Å². The minimum Gasteiger partial charge on any atom is -0.0776 e. The molecule has 0 heteroatoms. The Morgan fingerprint density at radius 2 is 0.698 bits per heavy atom. The van der Waals surface area contributed by atoms with Crippen molar-refractivity contribution >= 4 is 0 Å². The van der Waals surface area contributed by atoms with E-state index in [1.807, 2.05) is 13.8 Å². The van der Waals surface area contributed by atoms with Gasteiger partial charge < -0.3 is 0 Å². The van der Waals surface area contributed by atoms with Gasteiger partial charge in [0.05, 0.1) is 0 Å². The smallest absolute Gasteiger partial charge is 0.00258 e. The van der Waals surface area contributed by atoms with E-state index in [0.29, 0.717) is 0 Å². The van der Waals surface area contributed by atoms with Crippen LogP contribution in [0.3, 0.4) is 0 Å². The highest BCUT2D eigenvalue weighted by Gasteiger charge is 2.01. The van der Waals surface area contributed by atoms with Crippen molar-refractivity contribution in [3.05, 3.63) is 165 Å². The Bertz CT molecular complexity index is 1360. The number of aryl methyl sites for hydroxylation is 8. The van der Waals surface area contributed by atoms with Crippen LogP contribution < -0.4 is 0 Å². The first-order valence-corrected chi connectivity index (χ1v) is 14.9. The number of rotatable bonds is 3. The summed E-state index contributed by atoms with van der Waals surface area (Å²) in [6, 6.07) is 39.3. The van der Waals surface area contributed by atoms with Gasteiger partial charge >= 0.3 is 0 Å². The normalized spacial score (nSPS) is 9.35. The van der Waals surface area contributed by atoms with E-state index in [9.17, 15) is 0 Å². The van der Waals surface area contributed by atoms with E-state index in [1.54, 1.807) is 0 Å². The van der Waals surface area contributed by atoms with E-state index >= 15 is 0 Å². The van der Waals surface area contributed by atoms with Crippen molar-refractivity contribution in [1.29, 1.82) is 0 Å². The van der Waals surface area contributed by atoms with Crippen LogP contribution in [0.15, 0.2) is 109 Å². The van der Waals surface area contributed by atoms with Crippen molar-refractivity contribution in [2.75, 3.05) is 0 Å². The van der Waals surface area contributed by atoms with Gasteiger partial charge in [-0.15, -0.1) is 0 Å². The van der Waals surface area contributed by atoms with Gasteiger partial charge in [0.15, 0.2) is 0 Å². The van der Waals surface area contributed by atoms with Crippen LogP contribution in [-0.2, 0) is 6.42 Å². The highest BCUT2D eigenvalue weighted by Crippen LogP contribution is 2.24. The molecule has 0 aromatic heterocycles. The average molecular weight is 575 g/mol. The van der Waals surface area contributed by atoms with E-state index in [1.165, 1.54) is 66.8 Å². The third-order valence-corrected chi connectivity index (χ3v) is 7.17. The molecule has 0 radical (unpaired) electrons. The van der Waals surface area contributed by atoms with Crippen LogP contribution in [0.2, 0.25) is 0 Å². The predicted molar refractivity (Wildman–Crippen MR) is 197 cm³/mol. The van der Waals surface area contributed by atoms with Crippen LogP contribution in [-0.4, -0.2) is 0 Å². The van der Waals surface area contributed by atoms with E-state index in [2.05, 4.69) is 165 Å². The lowest BCUT2D eigenvalue weighted by Crippen LogP contribution is -1.88. The first kappa shape index (κ1) is 39.1. The van der Waals surface area contributed by atoms with Crippen molar-refractivity contribution in [2.24, 2.45) is 0 Å². The third kappa shape index (κ3) is 13.7. The lowest BCUT2D eigenvalue weighted by atomic mass is 9.98. The fourth-order valence-electron chi connectivity index (χ4n) is 4.30. The second-order valence-corrected chi connectivity index (χ2v) is 10.9. The van der Waals surface area contributed by atoms with E-state index in [0.717, 1.165) is 6.42 Å². The molecule has 0 N–H and O–H groups in total. The molecule has 0 nitrogen and oxygen atoms in total. The summed E-state index contributed by atoms with van der Waals surface area (Å²) in [6.07, 6.45) is 1.03. The molecule has 0 amide bonds. The molecule has 0 unspecified atom stereocenters. The Morgan fingerprint density at radius 3 is 0.977 bits per heavy atom. The summed E-state index contributed by atoms with van der Waals surface area (Å²) in [6.45, 7) is 21.1. The van der Waals surface area contributed by atoms with Crippen LogP contribution in [0.5, 0.6) is 0 Å². The van der Waals surface area contributed by atoms with Gasteiger partial charge in [0.2, 0.25) is 0 Å². The van der Waals surface area contributed by atoms with Crippen LogP contribution in [0.1, 0.15) is 84.3 Å².